The van der Waals surface area contributed by atoms with Gasteiger partial charge in [0.05, 0.1) is 24.9 Å². The van der Waals surface area contributed by atoms with E-state index in [-0.39, 0.29) is 0 Å². The Morgan fingerprint density at radius 3 is 2.80 bits per heavy atom. The van der Waals surface area contributed by atoms with Crippen molar-refractivity contribution in [2.45, 2.75) is 13.0 Å². The van der Waals surface area contributed by atoms with Crippen molar-refractivity contribution < 1.29 is 9.53 Å². The van der Waals surface area contributed by atoms with Crippen LogP contribution in [0.1, 0.15) is 18.5 Å². The highest BCUT2D eigenvalue weighted by molar-refractivity contribution is 9.10. The second-order valence-electron chi connectivity index (χ2n) is 5.64. The van der Waals surface area contributed by atoms with Crippen LogP contribution in [0.5, 0.6) is 0 Å². The SMILES string of the molecule is COC(=O)C1=C(C)N(c2cccc(Br)c2)C(=S)N[C@@H]1c1cnn(C)c1. The van der Waals surface area contributed by atoms with Crippen LogP contribution in [0.2, 0.25) is 0 Å². The first kappa shape index (κ1) is 17.6. The standard InChI is InChI=1S/C17H17BrN4O2S/c1-10-14(16(23)24-3)15(11-8-19-21(2)9-11)20-17(25)22(10)13-6-4-5-12(18)7-13/h4-9,15H,1-3H3,(H,20,25)/t15-/m1/s1. The number of aromatic nitrogens is 2. The number of aryl methyl sites for hydroxylation is 1. The van der Waals surface area contributed by atoms with Gasteiger partial charge in [0.15, 0.2) is 5.11 Å². The van der Waals surface area contributed by atoms with Crippen LogP contribution < -0.4 is 10.2 Å². The van der Waals surface area contributed by atoms with Crippen molar-refractivity contribution in [3.05, 3.63) is 58.0 Å². The number of hydrogen-bond donors (Lipinski definition) is 1. The molecule has 8 heteroatoms. The van der Waals surface area contributed by atoms with Gasteiger partial charge in [-0.3, -0.25) is 9.58 Å². The van der Waals surface area contributed by atoms with E-state index in [0.717, 1.165) is 21.4 Å². The summed E-state index contributed by atoms with van der Waals surface area (Å²) in [6.45, 7) is 1.86. The molecule has 2 aromatic rings. The number of thiocarbonyl (C=S) groups is 1. The van der Waals surface area contributed by atoms with Crippen LogP contribution in [-0.2, 0) is 16.6 Å². The largest absolute Gasteiger partial charge is 0.466 e. The van der Waals surface area contributed by atoms with Crippen LogP contribution in [0.3, 0.4) is 0 Å². The lowest BCUT2D eigenvalue weighted by atomic mass is 9.97. The monoisotopic (exact) mass is 420 g/mol. The van der Waals surface area contributed by atoms with Gasteiger partial charge in [-0.25, -0.2) is 4.79 Å². The molecule has 0 bridgehead atoms. The number of benzene rings is 1. The molecule has 0 amide bonds. The van der Waals surface area contributed by atoms with Crippen LogP contribution in [0.25, 0.3) is 0 Å². The molecular formula is C17H17BrN4O2S. The maximum Gasteiger partial charge on any atom is 0.337 e. The fraction of sp³-hybridized carbons (Fsp3) is 0.235. The van der Waals surface area contributed by atoms with Gasteiger partial charge in [0, 0.05) is 34.7 Å². The average molecular weight is 421 g/mol. The molecule has 3 rings (SSSR count). The number of carbonyl (C=O) groups excluding carboxylic acids is 1. The van der Waals surface area contributed by atoms with Crippen LogP contribution in [0, 0.1) is 0 Å². The fourth-order valence-electron chi connectivity index (χ4n) is 2.88. The van der Waals surface area contributed by atoms with Gasteiger partial charge in [0.25, 0.3) is 0 Å². The highest BCUT2D eigenvalue weighted by Gasteiger charge is 2.35. The molecule has 0 unspecified atom stereocenters. The number of hydrogen-bond acceptors (Lipinski definition) is 4. The number of anilines is 1. The lowest BCUT2D eigenvalue weighted by Crippen LogP contribution is -2.48. The Labute approximate surface area is 159 Å². The minimum absolute atomic E-state index is 0.402. The number of carbonyl (C=O) groups is 1. The molecule has 1 aromatic heterocycles. The van der Waals surface area contributed by atoms with Gasteiger partial charge >= 0.3 is 5.97 Å². The van der Waals surface area contributed by atoms with Gasteiger partial charge in [0.1, 0.15) is 0 Å². The molecule has 0 radical (unpaired) electrons. The Hall–Kier alpha value is -2.19. The maximum atomic E-state index is 12.5. The van der Waals surface area contributed by atoms with E-state index >= 15 is 0 Å². The van der Waals surface area contributed by atoms with Crippen molar-refractivity contribution in [2.24, 2.45) is 7.05 Å². The number of rotatable bonds is 3. The first-order chi connectivity index (χ1) is 11.9. The fourth-order valence-corrected chi connectivity index (χ4v) is 3.63. The minimum Gasteiger partial charge on any atom is -0.466 e. The molecule has 0 spiro atoms. The summed E-state index contributed by atoms with van der Waals surface area (Å²) in [5.74, 6) is -0.402. The molecule has 130 valence electrons. The first-order valence-electron chi connectivity index (χ1n) is 7.56. The van der Waals surface area contributed by atoms with E-state index in [2.05, 4.69) is 26.3 Å². The second kappa shape index (κ2) is 6.97. The predicted octanol–water partition coefficient (Wildman–Crippen LogP) is 3.07. The molecule has 0 saturated carbocycles. The van der Waals surface area contributed by atoms with Crippen molar-refractivity contribution in [3.63, 3.8) is 0 Å². The quantitative estimate of drug-likeness (QED) is 0.608. The summed E-state index contributed by atoms with van der Waals surface area (Å²) in [4.78, 5) is 14.3. The van der Waals surface area contributed by atoms with Crippen molar-refractivity contribution in [2.75, 3.05) is 12.0 Å². The summed E-state index contributed by atoms with van der Waals surface area (Å²) in [5.41, 5.74) is 2.93. The average Bonchev–Trinajstić information content (AvgIpc) is 3.00. The molecule has 25 heavy (non-hydrogen) atoms. The van der Waals surface area contributed by atoms with Crippen molar-refractivity contribution >= 4 is 44.9 Å². The van der Waals surface area contributed by atoms with Gasteiger partial charge in [-0.1, -0.05) is 22.0 Å². The predicted molar refractivity (Wildman–Crippen MR) is 103 cm³/mol. The molecule has 2 heterocycles. The number of nitrogens with zero attached hydrogens (tertiary/aromatic N) is 3. The Bertz CT molecular complexity index is 877. The molecular weight excluding hydrogens is 404 g/mol. The number of esters is 1. The van der Waals surface area contributed by atoms with Crippen molar-refractivity contribution in [3.8, 4) is 0 Å². The van der Waals surface area contributed by atoms with E-state index in [1.807, 2.05) is 49.3 Å². The molecule has 1 aromatic carbocycles. The third-order valence-electron chi connectivity index (χ3n) is 4.01. The van der Waals surface area contributed by atoms with E-state index in [1.54, 1.807) is 10.9 Å². The summed E-state index contributed by atoms with van der Waals surface area (Å²) in [7, 11) is 3.20. The summed E-state index contributed by atoms with van der Waals surface area (Å²) in [6.07, 6.45) is 3.57. The number of nitrogens with one attached hydrogen (secondary N) is 1. The van der Waals surface area contributed by atoms with Crippen molar-refractivity contribution in [1.29, 1.82) is 0 Å². The van der Waals surface area contributed by atoms with Crippen LogP contribution in [0.15, 0.2) is 52.4 Å². The summed E-state index contributed by atoms with van der Waals surface area (Å²) in [6, 6.07) is 7.32. The third-order valence-corrected chi connectivity index (χ3v) is 4.81. The second-order valence-corrected chi connectivity index (χ2v) is 6.94. The Morgan fingerprint density at radius 2 is 2.20 bits per heavy atom. The first-order valence-corrected chi connectivity index (χ1v) is 8.76. The van der Waals surface area contributed by atoms with E-state index in [1.165, 1.54) is 7.11 Å². The van der Waals surface area contributed by atoms with E-state index in [0.29, 0.717) is 10.7 Å². The maximum absolute atomic E-state index is 12.5. The molecule has 1 atom stereocenters. The topological polar surface area (TPSA) is 59.4 Å². The normalized spacial score (nSPS) is 17.5. The molecule has 0 fully saturated rings. The van der Waals surface area contributed by atoms with Crippen LogP contribution >= 0.6 is 28.1 Å². The zero-order valence-electron chi connectivity index (χ0n) is 14.0. The molecule has 0 saturated heterocycles. The number of halogens is 1. The van der Waals surface area contributed by atoms with Gasteiger partial charge in [-0.05, 0) is 37.3 Å². The van der Waals surface area contributed by atoms with Gasteiger partial charge in [0.2, 0.25) is 0 Å². The van der Waals surface area contributed by atoms with Gasteiger partial charge < -0.3 is 10.1 Å². The highest BCUT2D eigenvalue weighted by atomic mass is 79.9. The lowest BCUT2D eigenvalue weighted by Gasteiger charge is -2.37. The molecule has 1 aliphatic rings. The smallest absolute Gasteiger partial charge is 0.337 e. The number of allylic oxidation sites excluding steroid dienone is 1. The van der Waals surface area contributed by atoms with Crippen LogP contribution in [-0.4, -0.2) is 28.0 Å². The van der Waals surface area contributed by atoms with Crippen LogP contribution in [0.4, 0.5) is 5.69 Å². The molecule has 0 aliphatic carbocycles. The molecule has 1 aliphatic heterocycles. The Balaban J connectivity index is 2.14. The lowest BCUT2D eigenvalue weighted by molar-refractivity contribution is -0.136. The number of methoxy groups -OCH3 is 1. The van der Waals surface area contributed by atoms with E-state index < -0.39 is 12.0 Å². The zero-order valence-corrected chi connectivity index (χ0v) is 16.4. The third kappa shape index (κ3) is 3.32. The van der Waals surface area contributed by atoms with Gasteiger partial charge in [-0.15, -0.1) is 0 Å². The Morgan fingerprint density at radius 1 is 1.44 bits per heavy atom. The highest BCUT2D eigenvalue weighted by Crippen LogP contribution is 2.34. The summed E-state index contributed by atoms with van der Waals surface area (Å²) in [5, 5.41) is 7.94. The van der Waals surface area contributed by atoms with E-state index in [9.17, 15) is 4.79 Å². The zero-order chi connectivity index (χ0) is 18.1. The Kier molecular flexibility index (Phi) is 4.91. The van der Waals surface area contributed by atoms with E-state index in [4.69, 9.17) is 17.0 Å². The molecule has 6 nitrogen and oxygen atoms in total. The summed E-state index contributed by atoms with van der Waals surface area (Å²) >= 11 is 9.04. The van der Waals surface area contributed by atoms with Crippen molar-refractivity contribution in [1.82, 2.24) is 15.1 Å². The number of ether oxygens (including phenoxy) is 1. The summed E-state index contributed by atoms with van der Waals surface area (Å²) < 4.78 is 7.63. The molecule has 1 N–H and O–H groups in total. The van der Waals surface area contributed by atoms with Gasteiger partial charge in [-0.2, -0.15) is 5.10 Å². The minimum atomic E-state index is -0.406.